The Bertz CT molecular complexity index is 501. The highest BCUT2D eigenvalue weighted by Gasteiger charge is 2.43. The number of hydrogen-bond donors (Lipinski definition) is 1. The van der Waals surface area contributed by atoms with Crippen LogP contribution < -0.4 is 0 Å². The van der Waals surface area contributed by atoms with Gasteiger partial charge in [-0.2, -0.15) is 0 Å². The van der Waals surface area contributed by atoms with Crippen LogP contribution in [0.4, 0.5) is 0 Å². The number of aliphatic carboxylic acids is 1. The Labute approximate surface area is 121 Å². The van der Waals surface area contributed by atoms with Crippen LogP contribution in [0.3, 0.4) is 0 Å². The second-order valence-electron chi connectivity index (χ2n) is 4.25. The first-order valence-electron chi connectivity index (χ1n) is 5.66. The zero-order valence-corrected chi connectivity index (χ0v) is 12.1. The number of rotatable bonds is 5. The number of ether oxygens (including phenoxy) is 1. The van der Waals surface area contributed by atoms with Gasteiger partial charge >= 0.3 is 11.9 Å². The molecule has 0 heterocycles. The maximum absolute atomic E-state index is 11.8. The molecule has 0 amide bonds. The zero-order chi connectivity index (χ0) is 14.6. The van der Waals surface area contributed by atoms with Gasteiger partial charge in [0.2, 0.25) is 0 Å². The number of carboxylic acids is 1. The normalized spacial score (nSPS) is 13.7. The van der Waals surface area contributed by atoms with Gasteiger partial charge in [0.05, 0.1) is 16.7 Å². The molecule has 0 aliphatic carbocycles. The summed E-state index contributed by atoms with van der Waals surface area (Å²) in [6.07, 6.45) is -0.0828. The van der Waals surface area contributed by atoms with Crippen molar-refractivity contribution >= 4 is 35.1 Å². The van der Waals surface area contributed by atoms with Gasteiger partial charge in [0, 0.05) is 6.42 Å². The summed E-state index contributed by atoms with van der Waals surface area (Å²) in [7, 11) is 0. The SMILES string of the molecule is CCOC(=O)C(C)(Cc1cccc(Cl)c1Cl)C(=O)O. The first-order valence-corrected chi connectivity index (χ1v) is 6.42. The van der Waals surface area contributed by atoms with E-state index in [2.05, 4.69) is 0 Å². The summed E-state index contributed by atoms with van der Waals surface area (Å²) in [6, 6.07) is 4.88. The molecule has 0 saturated carbocycles. The summed E-state index contributed by atoms with van der Waals surface area (Å²) in [5, 5.41) is 9.84. The van der Waals surface area contributed by atoms with E-state index < -0.39 is 17.4 Å². The molecule has 4 nitrogen and oxygen atoms in total. The number of carbonyl (C=O) groups excluding carboxylic acids is 1. The van der Waals surface area contributed by atoms with Crippen LogP contribution in [0.1, 0.15) is 19.4 Å². The quantitative estimate of drug-likeness (QED) is 0.670. The van der Waals surface area contributed by atoms with Crippen molar-refractivity contribution in [3.05, 3.63) is 33.8 Å². The molecule has 0 spiro atoms. The van der Waals surface area contributed by atoms with Crippen LogP contribution in [-0.2, 0) is 20.7 Å². The molecule has 0 fully saturated rings. The molecule has 1 aromatic carbocycles. The average molecular weight is 305 g/mol. The van der Waals surface area contributed by atoms with E-state index in [1.54, 1.807) is 25.1 Å². The average Bonchev–Trinajstić information content (AvgIpc) is 2.34. The van der Waals surface area contributed by atoms with Crippen LogP contribution in [0, 0.1) is 5.41 Å². The monoisotopic (exact) mass is 304 g/mol. The Morgan fingerprint density at radius 2 is 2.00 bits per heavy atom. The second-order valence-corrected chi connectivity index (χ2v) is 5.03. The number of esters is 1. The summed E-state index contributed by atoms with van der Waals surface area (Å²) in [5.74, 6) is -2.06. The lowest BCUT2D eigenvalue weighted by Gasteiger charge is -2.23. The number of hydrogen-bond acceptors (Lipinski definition) is 3. The van der Waals surface area contributed by atoms with Crippen molar-refractivity contribution in [2.45, 2.75) is 20.3 Å². The van der Waals surface area contributed by atoms with E-state index in [0.29, 0.717) is 10.6 Å². The smallest absolute Gasteiger partial charge is 0.323 e. The molecule has 0 aromatic heterocycles. The first-order chi connectivity index (χ1) is 8.82. The van der Waals surface area contributed by atoms with E-state index in [0.717, 1.165) is 0 Å². The van der Waals surface area contributed by atoms with Crippen molar-refractivity contribution in [3.8, 4) is 0 Å². The molecule has 1 atom stereocenters. The molecular weight excluding hydrogens is 291 g/mol. The minimum atomic E-state index is -1.69. The van der Waals surface area contributed by atoms with Crippen LogP contribution in [-0.4, -0.2) is 23.7 Å². The lowest BCUT2D eigenvalue weighted by atomic mass is 9.83. The van der Waals surface area contributed by atoms with E-state index >= 15 is 0 Å². The highest BCUT2D eigenvalue weighted by molar-refractivity contribution is 6.42. The third-order valence-corrected chi connectivity index (χ3v) is 3.63. The molecule has 0 radical (unpaired) electrons. The van der Waals surface area contributed by atoms with Gasteiger partial charge in [-0.1, -0.05) is 35.3 Å². The highest BCUT2D eigenvalue weighted by atomic mass is 35.5. The van der Waals surface area contributed by atoms with Crippen LogP contribution in [0.2, 0.25) is 10.0 Å². The predicted molar refractivity (Wildman–Crippen MR) is 72.5 cm³/mol. The lowest BCUT2D eigenvalue weighted by molar-refractivity contribution is -0.167. The fourth-order valence-electron chi connectivity index (χ4n) is 1.59. The Hall–Kier alpha value is -1.26. The van der Waals surface area contributed by atoms with Gasteiger partial charge in [-0.3, -0.25) is 9.59 Å². The number of carboxylic acid groups (broad SMARTS) is 1. The summed E-state index contributed by atoms with van der Waals surface area (Å²) in [6.45, 7) is 3.04. The maximum atomic E-state index is 11.8. The third kappa shape index (κ3) is 3.39. The number of halogens is 2. The van der Waals surface area contributed by atoms with Gasteiger partial charge in [-0.05, 0) is 25.5 Å². The van der Waals surface area contributed by atoms with E-state index in [-0.39, 0.29) is 18.1 Å². The molecule has 104 valence electrons. The first kappa shape index (κ1) is 15.8. The summed E-state index contributed by atoms with van der Waals surface area (Å²) >= 11 is 11.9. The lowest BCUT2D eigenvalue weighted by Crippen LogP contribution is -2.40. The fourth-order valence-corrected chi connectivity index (χ4v) is 1.98. The Morgan fingerprint density at radius 1 is 1.37 bits per heavy atom. The largest absolute Gasteiger partial charge is 0.480 e. The molecule has 6 heteroatoms. The van der Waals surface area contributed by atoms with Crippen LogP contribution in [0.15, 0.2) is 18.2 Å². The van der Waals surface area contributed by atoms with E-state index in [1.165, 1.54) is 6.92 Å². The molecule has 1 N–H and O–H groups in total. The van der Waals surface area contributed by atoms with Crippen molar-refractivity contribution in [3.63, 3.8) is 0 Å². The van der Waals surface area contributed by atoms with Crippen molar-refractivity contribution in [2.24, 2.45) is 5.41 Å². The molecule has 0 aliphatic rings. The van der Waals surface area contributed by atoms with Gasteiger partial charge in [0.25, 0.3) is 0 Å². The van der Waals surface area contributed by atoms with Gasteiger partial charge in [0.1, 0.15) is 0 Å². The van der Waals surface area contributed by atoms with Gasteiger partial charge < -0.3 is 9.84 Å². The summed E-state index contributed by atoms with van der Waals surface area (Å²) in [5.41, 5.74) is -1.20. The highest BCUT2D eigenvalue weighted by Crippen LogP contribution is 2.32. The van der Waals surface area contributed by atoms with Crippen molar-refractivity contribution < 1.29 is 19.4 Å². The summed E-state index contributed by atoms with van der Waals surface area (Å²) in [4.78, 5) is 23.2. The minimum Gasteiger partial charge on any atom is -0.480 e. The Balaban J connectivity index is 3.12. The number of benzene rings is 1. The molecule has 1 rings (SSSR count). The topological polar surface area (TPSA) is 63.6 Å². The van der Waals surface area contributed by atoms with E-state index in [4.69, 9.17) is 27.9 Å². The molecule has 1 aromatic rings. The summed E-state index contributed by atoms with van der Waals surface area (Å²) < 4.78 is 4.81. The van der Waals surface area contributed by atoms with Crippen molar-refractivity contribution in [1.29, 1.82) is 0 Å². The van der Waals surface area contributed by atoms with Crippen LogP contribution in [0.25, 0.3) is 0 Å². The standard InChI is InChI=1S/C13H14Cl2O4/c1-3-19-12(18)13(2,11(16)17)7-8-5-4-6-9(14)10(8)15/h4-6H,3,7H2,1-2H3,(H,16,17). The Morgan fingerprint density at radius 3 is 2.53 bits per heavy atom. The minimum absolute atomic E-state index is 0.0828. The Kier molecular flexibility index (Phi) is 5.20. The zero-order valence-electron chi connectivity index (χ0n) is 10.6. The van der Waals surface area contributed by atoms with Gasteiger partial charge in [-0.15, -0.1) is 0 Å². The second kappa shape index (κ2) is 6.26. The number of carbonyl (C=O) groups is 2. The maximum Gasteiger partial charge on any atom is 0.323 e. The molecule has 1 unspecified atom stereocenters. The molecule has 0 aliphatic heterocycles. The van der Waals surface area contributed by atoms with Crippen LogP contribution >= 0.6 is 23.2 Å². The molecule has 0 saturated heterocycles. The fraction of sp³-hybridized carbons (Fsp3) is 0.385. The molecule has 19 heavy (non-hydrogen) atoms. The van der Waals surface area contributed by atoms with Crippen LogP contribution in [0.5, 0.6) is 0 Å². The van der Waals surface area contributed by atoms with Crippen molar-refractivity contribution in [2.75, 3.05) is 6.61 Å². The molecular formula is C13H14Cl2O4. The van der Waals surface area contributed by atoms with E-state index in [1.807, 2.05) is 0 Å². The van der Waals surface area contributed by atoms with Crippen molar-refractivity contribution in [1.82, 2.24) is 0 Å². The van der Waals surface area contributed by atoms with Gasteiger partial charge in [0.15, 0.2) is 5.41 Å². The third-order valence-electron chi connectivity index (χ3n) is 2.77. The van der Waals surface area contributed by atoms with Gasteiger partial charge in [-0.25, -0.2) is 0 Å². The molecule has 0 bridgehead atoms. The predicted octanol–water partition coefficient (Wildman–Crippen LogP) is 3.19. The van der Waals surface area contributed by atoms with E-state index in [9.17, 15) is 14.7 Å².